The monoisotopic (exact) mass is 273 g/mol. The van der Waals surface area contributed by atoms with Crippen molar-refractivity contribution in [2.75, 3.05) is 0 Å². The van der Waals surface area contributed by atoms with Crippen LogP contribution in [0.4, 0.5) is 4.39 Å². The van der Waals surface area contributed by atoms with Gasteiger partial charge in [0.25, 0.3) is 0 Å². The summed E-state index contributed by atoms with van der Waals surface area (Å²) in [6.45, 7) is 3.82. The lowest BCUT2D eigenvalue weighted by atomic mass is 10.1. The topological polar surface area (TPSA) is 12.0 Å². The van der Waals surface area contributed by atoms with Crippen molar-refractivity contribution < 1.29 is 4.39 Å². The molecule has 0 aliphatic carbocycles. The minimum Gasteiger partial charge on any atom is -0.297 e. The third-order valence-corrected chi connectivity index (χ3v) is 3.29. The first-order valence-electron chi connectivity index (χ1n) is 5.36. The van der Waals surface area contributed by atoms with Gasteiger partial charge in [0.1, 0.15) is 5.82 Å². The molecule has 1 nitrogen and oxygen atoms in total. The van der Waals surface area contributed by atoms with Crippen LogP contribution in [0.5, 0.6) is 0 Å². The van der Waals surface area contributed by atoms with Crippen molar-refractivity contribution in [3.8, 4) is 12.3 Å². The Morgan fingerprint density at radius 3 is 2.65 bits per heavy atom. The number of halogens is 3. The summed E-state index contributed by atoms with van der Waals surface area (Å²) in [7, 11) is 0. The number of hydrogen-bond acceptors (Lipinski definition) is 1. The second-order valence-corrected chi connectivity index (χ2v) is 4.56. The maximum Gasteiger partial charge on any atom is 0.142 e. The lowest BCUT2D eigenvalue weighted by Crippen LogP contribution is -2.30. The molecule has 0 saturated carbocycles. The van der Waals surface area contributed by atoms with Gasteiger partial charge in [-0.05, 0) is 25.5 Å². The van der Waals surface area contributed by atoms with Gasteiger partial charge in [0.15, 0.2) is 0 Å². The second kappa shape index (κ2) is 6.26. The summed E-state index contributed by atoms with van der Waals surface area (Å²) in [5, 5.41) is 3.65. The molecule has 0 saturated heterocycles. The van der Waals surface area contributed by atoms with Crippen molar-refractivity contribution in [1.29, 1.82) is 0 Å². The SMILES string of the molecule is C#CC(CC)NC(C)c1c(Cl)ccc(F)c1Cl. The van der Waals surface area contributed by atoms with Gasteiger partial charge in [0.05, 0.1) is 11.1 Å². The average molecular weight is 274 g/mol. The number of terminal acetylenes is 1. The highest BCUT2D eigenvalue weighted by atomic mass is 35.5. The van der Waals surface area contributed by atoms with E-state index in [1.165, 1.54) is 12.1 Å². The number of benzene rings is 1. The Morgan fingerprint density at radius 1 is 1.47 bits per heavy atom. The third kappa shape index (κ3) is 3.35. The second-order valence-electron chi connectivity index (χ2n) is 3.77. The molecule has 4 heteroatoms. The minimum atomic E-state index is -0.478. The van der Waals surface area contributed by atoms with Crippen LogP contribution in [-0.2, 0) is 0 Å². The molecule has 0 aromatic heterocycles. The van der Waals surface area contributed by atoms with Crippen molar-refractivity contribution in [3.05, 3.63) is 33.6 Å². The van der Waals surface area contributed by atoms with Gasteiger partial charge in [-0.25, -0.2) is 4.39 Å². The molecule has 0 spiro atoms. The van der Waals surface area contributed by atoms with Crippen LogP contribution in [-0.4, -0.2) is 6.04 Å². The summed E-state index contributed by atoms with van der Waals surface area (Å²) in [5.74, 6) is 2.14. The van der Waals surface area contributed by atoms with Crippen molar-refractivity contribution >= 4 is 23.2 Å². The zero-order chi connectivity index (χ0) is 13.0. The molecule has 1 rings (SSSR count). The van der Waals surface area contributed by atoms with E-state index in [0.717, 1.165) is 6.42 Å². The molecule has 1 aromatic rings. The first kappa shape index (κ1) is 14.3. The molecule has 0 fully saturated rings. The van der Waals surface area contributed by atoms with Gasteiger partial charge < -0.3 is 0 Å². The van der Waals surface area contributed by atoms with Gasteiger partial charge in [-0.15, -0.1) is 6.42 Å². The number of rotatable bonds is 4. The summed E-state index contributed by atoms with van der Waals surface area (Å²) in [4.78, 5) is 0. The van der Waals surface area contributed by atoms with E-state index < -0.39 is 5.82 Å². The van der Waals surface area contributed by atoms with Crippen molar-refractivity contribution in [2.45, 2.75) is 32.4 Å². The summed E-state index contributed by atoms with van der Waals surface area (Å²) < 4.78 is 13.4. The zero-order valence-electron chi connectivity index (χ0n) is 9.73. The quantitative estimate of drug-likeness (QED) is 0.641. The van der Waals surface area contributed by atoms with Crippen LogP contribution >= 0.6 is 23.2 Å². The molecule has 1 N–H and O–H groups in total. The Morgan fingerprint density at radius 2 is 2.12 bits per heavy atom. The van der Waals surface area contributed by atoms with Crippen LogP contribution in [0.25, 0.3) is 0 Å². The number of nitrogens with one attached hydrogen (secondary N) is 1. The smallest absolute Gasteiger partial charge is 0.142 e. The normalized spacial score (nSPS) is 14.1. The van der Waals surface area contributed by atoms with Gasteiger partial charge in [-0.1, -0.05) is 36.0 Å². The lowest BCUT2D eigenvalue weighted by Gasteiger charge is -2.20. The number of hydrogen-bond donors (Lipinski definition) is 1. The molecule has 0 bridgehead atoms. The predicted molar refractivity (Wildman–Crippen MR) is 70.9 cm³/mol. The molecule has 0 radical (unpaired) electrons. The van der Waals surface area contributed by atoms with Crippen LogP contribution in [0.2, 0.25) is 10.0 Å². The van der Waals surface area contributed by atoms with E-state index >= 15 is 0 Å². The Labute approximate surface area is 111 Å². The van der Waals surface area contributed by atoms with E-state index in [-0.39, 0.29) is 17.1 Å². The van der Waals surface area contributed by atoms with E-state index in [4.69, 9.17) is 29.6 Å². The predicted octanol–water partition coefficient (Wildman–Crippen LogP) is 4.19. The van der Waals surface area contributed by atoms with Crippen molar-refractivity contribution in [3.63, 3.8) is 0 Å². The molecule has 2 unspecified atom stereocenters. The molecule has 17 heavy (non-hydrogen) atoms. The van der Waals surface area contributed by atoms with Gasteiger partial charge in [0, 0.05) is 16.6 Å². The maximum absolute atomic E-state index is 13.4. The molecule has 92 valence electrons. The minimum absolute atomic E-state index is 0.0457. The lowest BCUT2D eigenvalue weighted by molar-refractivity contribution is 0.509. The van der Waals surface area contributed by atoms with Crippen LogP contribution in [0.15, 0.2) is 12.1 Å². The summed E-state index contributed by atoms with van der Waals surface area (Å²) >= 11 is 11.9. The molecule has 0 heterocycles. The highest BCUT2D eigenvalue weighted by Gasteiger charge is 2.18. The molecule has 0 aliphatic heterocycles. The fourth-order valence-corrected chi connectivity index (χ4v) is 2.31. The highest BCUT2D eigenvalue weighted by molar-refractivity contribution is 6.36. The third-order valence-electron chi connectivity index (χ3n) is 2.57. The molecular weight excluding hydrogens is 260 g/mol. The Balaban J connectivity index is 3.00. The molecule has 1 aromatic carbocycles. The fraction of sp³-hybridized carbons (Fsp3) is 0.385. The van der Waals surface area contributed by atoms with Crippen LogP contribution < -0.4 is 5.32 Å². The molecule has 0 aliphatic rings. The molecule has 2 atom stereocenters. The van der Waals surface area contributed by atoms with Gasteiger partial charge in [0.2, 0.25) is 0 Å². The Bertz CT molecular complexity index is 440. The zero-order valence-corrected chi connectivity index (χ0v) is 11.2. The summed E-state index contributed by atoms with van der Waals surface area (Å²) in [6, 6.07) is 2.46. The largest absolute Gasteiger partial charge is 0.297 e. The highest BCUT2D eigenvalue weighted by Crippen LogP contribution is 2.32. The first-order chi connectivity index (χ1) is 8.01. The van der Waals surface area contributed by atoms with Crippen LogP contribution in [0, 0.1) is 18.2 Å². The van der Waals surface area contributed by atoms with Gasteiger partial charge in [-0.3, -0.25) is 5.32 Å². The first-order valence-corrected chi connectivity index (χ1v) is 6.12. The molecule has 0 amide bonds. The van der Waals surface area contributed by atoms with Crippen LogP contribution in [0.3, 0.4) is 0 Å². The van der Waals surface area contributed by atoms with E-state index in [2.05, 4.69) is 11.2 Å². The van der Waals surface area contributed by atoms with Crippen LogP contribution in [0.1, 0.15) is 31.9 Å². The van der Waals surface area contributed by atoms with Crippen molar-refractivity contribution in [1.82, 2.24) is 5.32 Å². The summed E-state index contributed by atoms with van der Waals surface area (Å²) in [5.41, 5.74) is 0.544. The Kier molecular flexibility index (Phi) is 5.27. The van der Waals surface area contributed by atoms with E-state index in [1.807, 2.05) is 13.8 Å². The maximum atomic E-state index is 13.4. The van der Waals surface area contributed by atoms with Gasteiger partial charge in [-0.2, -0.15) is 0 Å². The molecular formula is C13H14Cl2FN. The standard InChI is InChI=1S/C13H14Cl2FN/c1-4-9(5-2)17-8(3)12-10(14)6-7-11(16)13(12)15/h1,6-9,17H,5H2,2-3H3. The van der Waals surface area contributed by atoms with E-state index in [1.54, 1.807) is 0 Å². The van der Waals surface area contributed by atoms with E-state index in [0.29, 0.717) is 10.6 Å². The Hall–Kier alpha value is -0.750. The summed E-state index contributed by atoms with van der Waals surface area (Å²) in [6.07, 6.45) is 6.15. The van der Waals surface area contributed by atoms with E-state index in [9.17, 15) is 4.39 Å². The van der Waals surface area contributed by atoms with Gasteiger partial charge >= 0.3 is 0 Å². The fourth-order valence-electron chi connectivity index (χ4n) is 1.61. The average Bonchev–Trinajstić information content (AvgIpc) is 2.31. The van der Waals surface area contributed by atoms with Crippen molar-refractivity contribution in [2.24, 2.45) is 0 Å².